The molecule has 112 valence electrons. The van der Waals surface area contributed by atoms with Crippen LogP contribution < -0.4 is 24.2 Å². The predicted molar refractivity (Wildman–Crippen MR) is 94.7 cm³/mol. The molecule has 0 saturated carbocycles. The van der Waals surface area contributed by atoms with Gasteiger partial charge in [0.1, 0.15) is 0 Å². The second-order valence-corrected chi connectivity index (χ2v) is 7.15. The molecular formula is C19H24LiOP. The maximum absolute atomic E-state index is 12.8. The number of aryl methyl sites for hydroxylation is 4. The van der Waals surface area contributed by atoms with E-state index in [9.17, 15) is 4.79 Å². The van der Waals surface area contributed by atoms with Crippen molar-refractivity contribution < 1.29 is 25.1 Å². The number of benzene rings is 2. The Balaban J connectivity index is 0.00000242. The van der Waals surface area contributed by atoms with Crippen molar-refractivity contribution in [1.29, 1.82) is 0 Å². The molecule has 0 heterocycles. The summed E-state index contributed by atoms with van der Waals surface area (Å²) in [5.74, 6) is 0. The van der Waals surface area contributed by atoms with Gasteiger partial charge < -0.3 is 1.43 Å². The van der Waals surface area contributed by atoms with Gasteiger partial charge in [-0.25, -0.2) is 0 Å². The third kappa shape index (κ3) is 3.91. The molecule has 1 nitrogen and oxygen atoms in total. The van der Waals surface area contributed by atoms with Crippen LogP contribution in [0.3, 0.4) is 0 Å². The van der Waals surface area contributed by atoms with E-state index in [4.69, 9.17) is 0 Å². The monoisotopic (exact) mass is 306 g/mol. The van der Waals surface area contributed by atoms with E-state index in [0.717, 1.165) is 22.0 Å². The van der Waals surface area contributed by atoms with E-state index in [1.807, 2.05) is 6.92 Å². The number of carbonyl (C=O) groups excluding carboxylic acids is 1. The van der Waals surface area contributed by atoms with E-state index in [-0.39, 0.29) is 34.4 Å². The van der Waals surface area contributed by atoms with Crippen LogP contribution >= 0.6 is 8.58 Å². The number of rotatable bonds is 3. The molecule has 1 atom stereocenters. The topological polar surface area (TPSA) is 17.1 Å². The summed E-state index contributed by atoms with van der Waals surface area (Å²) in [5.41, 5.74) is 8.30. The minimum absolute atomic E-state index is 0. The SMILES string of the molecule is Cc1ccc(C)c(PC(=O)c2c(C)cc(C)c(C)c2C)c1.[H-].[Li+]. The van der Waals surface area contributed by atoms with Gasteiger partial charge in [0.15, 0.2) is 5.52 Å². The van der Waals surface area contributed by atoms with Gasteiger partial charge in [-0.1, -0.05) is 29.8 Å². The number of hydrogen-bond acceptors (Lipinski definition) is 1. The van der Waals surface area contributed by atoms with Crippen LogP contribution in [0.15, 0.2) is 24.3 Å². The summed E-state index contributed by atoms with van der Waals surface area (Å²) in [6, 6.07) is 8.46. The van der Waals surface area contributed by atoms with Crippen LogP contribution in [0.1, 0.15) is 45.2 Å². The molecular weight excluding hydrogens is 282 g/mol. The summed E-state index contributed by atoms with van der Waals surface area (Å²) in [5, 5.41) is 1.16. The third-order valence-electron chi connectivity index (χ3n) is 4.22. The van der Waals surface area contributed by atoms with Gasteiger partial charge in [-0.3, -0.25) is 4.79 Å². The molecule has 0 radical (unpaired) electrons. The van der Waals surface area contributed by atoms with Crippen molar-refractivity contribution in [3.8, 4) is 0 Å². The second-order valence-electron chi connectivity index (χ2n) is 5.91. The Labute approximate surface area is 149 Å². The molecule has 0 aliphatic rings. The Kier molecular flexibility index (Phi) is 6.63. The Hall–Kier alpha value is -0.863. The first-order chi connectivity index (χ1) is 9.81. The normalized spacial score (nSPS) is 10.8. The summed E-state index contributed by atoms with van der Waals surface area (Å²) < 4.78 is 0. The van der Waals surface area contributed by atoms with Crippen LogP contribution in [0, 0.1) is 41.5 Å². The Morgan fingerprint density at radius 3 is 2.14 bits per heavy atom. The number of carbonyl (C=O) groups is 1. The Bertz CT molecular complexity index is 726. The second kappa shape index (κ2) is 7.61. The van der Waals surface area contributed by atoms with Gasteiger partial charge in [-0.05, 0) is 83.2 Å². The van der Waals surface area contributed by atoms with Gasteiger partial charge in [0.25, 0.3) is 0 Å². The van der Waals surface area contributed by atoms with Crippen molar-refractivity contribution in [3.63, 3.8) is 0 Å². The van der Waals surface area contributed by atoms with Crippen LogP contribution in [0.4, 0.5) is 0 Å². The smallest absolute Gasteiger partial charge is 1.00 e. The molecule has 2 aromatic carbocycles. The molecule has 0 aromatic heterocycles. The van der Waals surface area contributed by atoms with E-state index in [0.29, 0.717) is 0 Å². The molecule has 0 fully saturated rings. The van der Waals surface area contributed by atoms with Crippen molar-refractivity contribution in [1.82, 2.24) is 0 Å². The average molecular weight is 306 g/mol. The fraction of sp³-hybridized carbons (Fsp3) is 0.316. The first-order valence-electron chi connectivity index (χ1n) is 7.27. The van der Waals surface area contributed by atoms with Crippen molar-refractivity contribution >= 4 is 19.4 Å². The summed E-state index contributed by atoms with van der Waals surface area (Å²) in [4.78, 5) is 12.8. The molecule has 1 unspecified atom stereocenters. The van der Waals surface area contributed by atoms with E-state index >= 15 is 0 Å². The predicted octanol–water partition coefficient (Wildman–Crippen LogP) is 1.80. The third-order valence-corrected chi connectivity index (χ3v) is 5.51. The van der Waals surface area contributed by atoms with Crippen LogP contribution in [0.2, 0.25) is 0 Å². The van der Waals surface area contributed by atoms with Gasteiger partial charge in [0, 0.05) is 5.56 Å². The fourth-order valence-electron chi connectivity index (χ4n) is 2.69. The molecule has 0 N–H and O–H groups in total. The maximum Gasteiger partial charge on any atom is 1.00 e. The Morgan fingerprint density at radius 1 is 0.864 bits per heavy atom. The molecule has 0 amide bonds. The van der Waals surface area contributed by atoms with Crippen LogP contribution in [0.5, 0.6) is 0 Å². The molecule has 2 aromatic rings. The van der Waals surface area contributed by atoms with Gasteiger partial charge >= 0.3 is 18.9 Å². The molecule has 0 aliphatic heterocycles. The Morgan fingerprint density at radius 2 is 1.50 bits per heavy atom. The standard InChI is InChI=1S/C19H23OP.Li.H/c1-11-7-8-12(2)17(9-11)21-19(20)18-14(4)10-13(3)15(5)16(18)6;;/h7-10,21H,1-6H3;;/q;+1;-1. The van der Waals surface area contributed by atoms with Crippen molar-refractivity contribution in [2.45, 2.75) is 41.5 Å². The summed E-state index contributed by atoms with van der Waals surface area (Å²) in [7, 11) is 0.198. The molecule has 0 spiro atoms. The maximum atomic E-state index is 12.8. The summed E-state index contributed by atoms with van der Waals surface area (Å²) >= 11 is 0. The van der Waals surface area contributed by atoms with Crippen LogP contribution in [-0.4, -0.2) is 5.52 Å². The van der Waals surface area contributed by atoms with E-state index < -0.39 is 0 Å². The average Bonchev–Trinajstić information content (AvgIpc) is 2.40. The minimum atomic E-state index is 0. The fourth-order valence-corrected chi connectivity index (χ4v) is 4.02. The van der Waals surface area contributed by atoms with E-state index in [2.05, 4.69) is 58.9 Å². The zero-order valence-electron chi connectivity index (χ0n) is 15.7. The molecule has 2 rings (SSSR count). The van der Waals surface area contributed by atoms with Gasteiger partial charge in [0.05, 0.1) is 0 Å². The largest absolute Gasteiger partial charge is 1.00 e. The van der Waals surface area contributed by atoms with Gasteiger partial charge in [-0.15, -0.1) is 0 Å². The van der Waals surface area contributed by atoms with Gasteiger partial charge in [-0.2, -0.15) is 0 Å². The molecule has 3 heteroatoms. The quantitative estimate of drug-likeness (QED) is 0.624. The van der Waals surface area contributed by atoms with Crippen molar-refractivity contribution in [3.05, 3.63) is 63.2 Å². The summed E-state index contributed by atoms with van der Waals surface area (Å²) in [6.07, 6.45) is 0. The van der Waals surface area contributed by atoms with E-state index in [1.165, 1.54) is 22.3 Å². The molecule has 22 heavy (non-hydrogen) atoms. The van der Waals surface area contributed by atoms with Crippen molar-refractivity contribution in [2.24, 2.45) is 0 Å². The zero-order valence-corrected chi connectivity index (χ0v) is 15.7. The van der Waals surface area contributed by atoms with Crippen molar-refractivity contribution in [2.75, 3.05) is 0 Å². The summed E-state index contributed by atoms with van der Waals surface area (Å²) in [6.45, 7) is 12.5. The van der Waals surface area contributed by atoms with E-state index in [1.54, 1.807) is 0 Å². The van der Waals surface area contributed by atoms with Crippen LogP contribution in [0.25, 0.3) is 0 Å². The van der Waals surface area contributed by atoms with Gasteiger partial charge in [0.2, 0.25) is 0 Å². The first kappa shape index (κ1) is 19.2. The molecule has 0 aliphatic carbocycles. The first-order valence-corrected chi connectivity index (χ1v) is 8.27. The minimum Gasteiger partial charge on any atom is -1.00 e. The zero-order chi connectivity index (χ0) is 15.7. The molecule has 0 saturated heterocycles. The van der Waals surface area contributed by atoms with Crippen LogP contribution in [-0.2, 0) is 0 Å². The number of hydrogen-bond donors (Lipinski definition) is 0. The molecule has 0 bridgehead atoms.